The van der Waals surface area contributed by atoms with E-state index in [4.69, 9.17) is 9.72 Å². The molecule has 0 saturated heterocycles. The van der Waals surface area contributed by atoms with Crippen LogP contribution in [0, 0.1) is 0 Å². The topological polar surface area (TPSA) is 22.1 Å². The Morgan fingerprint density at radius 2 is 0.932 bits per heavy atom. The summed E-state index contributed by atoms with van der Waals surface area (Å²) in [7, 11) is -0.680. The second-order valence-electron chi connectivity index (χ2n) is 15.4. The molecular weight excluding hydrogens is 734 g/mol. The van der Waals surface area contributed by atoms with Crippen LogP contribution in [0.1, 0.15) is 22.3 Å². The van der Waals surface area contributed by atoms with Crippen molar-refractivity contribution in [1.82, 2.24) is 4.98 Å². The van der Waals surface area contributed by atoms with E-state index in [0.717, 1.165) is 39.0 Å². The maximum absolute atomic E-state index is 6.63. The van der Waals surface area contributed by atoms with Crippen LogP contribution in [0.3, 0.4) is 0 Å². The molecule has 1 aromatic heterocycles. The van der Waals surface area contributed by atoms with Crippen molar-refractivity contribution in [2.24, 2.45) is 0 Å². The fraction of sp³-hybridized carbons (Fsp3) is 0.0179. The molecule has 9 aromatic carbocycles. The van der Waals surface area contributed by atoms with Crippen LogP contribution >= 0.6 is 7.92 Å². The Balaban J connectivity index is 1.04. The minimum atomic E-state index is -0.680. The Labute approximate surface area is 344 Å². The fourth-order valence-corrected chi connectivity index (χ4v) is 12.0. The standard InChI is InChI=1S/C56H36NOP/c1-3-18-40(19-4-1)59(41-20-5-2-6-21-41)42-32-30-37(31-33-42)38-16-15-17-39(34-38)55-47-35-46-43-22-7-9-24-48(43)56(51(46)36-45(47)44-23-8-12-27-52(44)57-55)49-25-10-13-28-53(49)58-54-29-14-11-26-50(54)56/h1-36H. The maximum Gasteiger partial charge on any atom is 0.132 e. The van der Waals surface area contributed by atoms with Crippen molar-refractivity contribution in [3.8, 4) is 45.0 Å². The molecule has 0 saturated carbocycles. The normalized spacial score (nSPS) is 13.2. The van der Waals surface area contributed by atoms with Gasteiger partial charge in [-0.25, -0.2) is 4.98 Å². The number of aromatic nitrogens is 1. The van der Waals surface area contributed by atoms with Gasteiger partial charge in [-0.3, -0.25) is 0 Å². The quantitative estimate of drug-likeness (QED) is 0.128. The Morgan fingerprint density at radius 3 is 1.64 bits per heavy atom. The largest absolute Gasteiger partial charge is 0.457 e. The first-order chi connectivity index (χ1) is 29.3. The van der Waals surface area contributed by atoms with Gasteiger partial charge in [-0.2, -0.15) is 0 Å². The summed E-state index contributed by atoms with van der Waals surface area (Å²) in [6.07, 6.45) is 0. The lowest BCUT2D eigenvalue weighted by Gasteiger charge is -2.39. The van der Waals surface area contributed by atoms with E-state index in [9.17, 15) is 0 Å². The third-order valence-electron chi connectivity index (χ3n) is 12.3. The molecule has 0 unspecified atom stereocenters. The monoisotopic (exact) mass is 769 g/mol. The first-order valence-electron chi connectivity index (χ1n) is 20.2. The molecule has 1 spiro atoms. The number of nitrogens with zero attached hydrogens (tertiary/aromatic N) is 1. The SMILES string of the molecule is c1ccc(P(c2ccccc2)c2ccc(-c3cccc(-c4nc5ccccc5c5cc6c(cc45)-c4ccccc4C64c5ccccc5Oc5ccccc54)c3)cc2)cc1. The molecular formula is C56H36NOP. The highest BCUT2D eigenvalue weighted by Crippen LogP contribution is 2.62. The van der Waals surface area contributed by atoms with Crippen LogP contribution < -0.4 is 20.7 Å². The third-order valence-corrected chi connectivity index (χ3v) is 14.7. The van der Waals surface area contributed by atoms with Gasteiger partial charge in [0.15, 0.2) is 0 Å². The van der Waals surface area contributed by atoms with Gasteiger partial charge in [-0.15, -0.1) is 0 Å². The van der Waals surface area contributed by atoms with Gasteiger partial charge in [0, 0.05) is 27.5 Å². The fourth-order valence-electron chi connectivity index (χ4n) is 9.77. The summed E-state index contributed by atoms with van der Waals surface area (Å²) in [6.45, 7) is 0. The van der Waals surface area contributed by atoms with Crippen LogP contribution in [0.5, 0.6) is 11.5 Å². The van der Waals surface area contributed by atoms with Gasteiger partial charge in [-0.05, 0) is 99.0 Å². The van der Waals surface area contributed by atoms with Crippen molar-refractivity contribution in [2.75, 3.05) is 0 Å². The summed E-state index contributed by atoms with van der Waals surface area (Å²) in [4.78, 5) is 5.45. The summed E-state index contributed by atoms with van der Waals surface area (Å²) in [6, 6.07) is 79.5. The van der Waals surface area contributed by atoms with E-state index in [1.807, 2.05) is 0 Å². The van der Waals surface area contributed by atoms with Gasteiger partial charge in [0.1, 0.15) is 11.5 Å². The number of para-hydroxylation sites is 3. The molecule has 59 heavy (non-hydrogen) atoms. The minimum absolute atomic E-state index is 0.538. The van der Waals surface area contributed by atoms with Gasteiger partial charge >= 0.3 is 0 Å². The average molecular weight is 770 g/mol. The van der Waals surface area contributed by atoms with Crippen LogP contribution in [0.25, 0.3) is 55.2 Å². The molecule has 0 N–H and O–H groups in total. The maximum atomic E-state index is 6.63. The molecule has 0 bridgehead atoms. The van der Waals surface area contributed by atoms with Gasteiger partial charge in [0.2, 0.25) is 0 Å². The van der Waals surface area contributed by atoms with E-state index >= 15 is 0 Å². The molecule has 12 rings (SSSR count). The van der Waals surface area contributed by atoms with Crippen LogP contribution in [0.4, 0.5) is 0 Å². The molecule has 0 atom stereocenters. The lowest BCUT2D eigenvalue weighted by Crippen LogP contribution is -2.32. The van der Waals surface area contributed by atoms with Crippen molar-refractivity contribution in [2.45, 2.75) is 5.41 Å². The summed E-state index contributed by atoms with van der Waals surface area (Å²) in [5.74, 6) is 1.80. The first-order valence-corrected chi connectivity index (χ1v) is 21.5. The van der Waals surface area contributed by atoms with Crippen molar-refractivity contribution < 1.29 is 4.74 Å². The van der Waals surface area contributed by atoms with Crippen LogP contribution in [0.2, 0.25) is 0 Å². The molecule has 10 aromatic rings. The summed E-state index contributed by atoms with van der Waals surface area (Å²) >= 11 is 0. The third kappa shape index (κ3) is 5.20. The van der Waals surface area contributed by atoms with Gasteiger partial charge in [0.25, 0.3) is 0 Å². The van der Waals surface area contributed by atoms with Gasteiger partial charge in [-0.1, -0.05) is 182 Å². The number of rotatable bonds is 5. The highest BCUT2D eigenvalue weighted by Gasteiger charge is 2.51. The van der Waals surface area contributed by atoms with Gasteiger partial charge < -0.3 is 4.74 Å². The van der Waals surface area contributed by atoms with E-state index in [0.29, 0.717) is 0 Å². The molecule has 1 aliphatic carbocycles. The molecule has 1 aliphatic heterocycles. The summed E-state index contributed by atoms with van der Waals surface area (Å²) < 4.78 is 6.63. The number of pyridine rings is 1. The average Bonchev–Trinajstić information content (AvgIpc) is 3.59. The molecule has 2 heterocycles. The Morgan fingerprint density at radius 1 is 0.356 bits per heavy atom. The van der Waals surface area contributed by atoms with Crippen LogP contribution in [-0.2, 0) is 5.41 Å². The predicted molar refractivity (Wildman–Crippen MR) is 246 cm³/mol. The van der Waals surface area contributed by atoms with Crippen LogP contribution in [0.15, 0.2) is 218 Å². The zero-order chi connectivity index (χ0) is 38.9. The molecule has 2 aliphatic rings. The second-order valence-corrected chi connectivity index (χ2v) is 17.7. The minimum Gasteiger partial charge on any atom is -0.457 e. The molecule has 0 radical (unpaired) electrons. The van der Waals surface area contributed by atoms with E-state index in [-0.39, 0.29) is 0 Å². The van der Waals surface area contributed by atoms with Crippen molar-refractivity contribution in [3.63, 3.8) is 0 Å². The van der Waals surface area contributed by atoms with E-state index in [1.165, 1.54) is 65.8 Å². The van der Waals surface area contributed by atoms with E-state index in [2.05, 4.69) is 218 Å². The predicted octanol–water partition coefficient (Wildman–Crippen LogP) is 12.9. The van der Waals surface area contributed by atoms with E-state index < -0.39 is 13.3 Å². The molecule has 3 heteroatoms. The number of benzene rings is 9. The first kappa shape index (κ1) is 34.0. The van der Waals surface area contributed by atoms with Gasteiger partial charge in [0.05, 0.1) is 16.6 Å². The zero-order valence-corrected chi connectivity index (χ0v) is 33.0. The van der Waals surface area contributed by atoms with Crippen LogP contribution in [-0.4, -0.2) is 4.98 Å². The molecule has 276 valence electrons. The van der Waals surface area contributed by atoms with Crippen molar-refractivity contribution in [1.29, 1.82) is 0 Å². The highest BCUT2D eigenvalue weighted by atomic mass is 31.1. The van der Waals surface area contributed by atoms with E-state index in [1.54, 1.807) is 0 Å². The van der Waals surface area contributed by atoms with Crippen molar-refractivity contribution in [3.05, 3.63) is 241 Å². The van der Waals surface area contributed by atoms with Crippen molar-refractivity contribution >= 4 is 45.5 Å². The Kier molecular flexibility index (Phi) is 7.77. The number of ether oxygens (including phenoxy) is 1. The summed E-state index contributed by atoms with van der Waals surface area (Å²) in [5.41, 5.74) is 12.3. The second kappa shape index (κ2) is 13.5. The smallest absolute Gasteiger partial charge is 0.132 e. The number of hydrogen-bond acceptors (Lipinski definition) is 2. The molecule has 0 fully saturated rings. The summed E-state index contributed by atoms with van der Waals surface area (Å²) in [5, 5.41) is 7.52. The molecule has 2 nitrogen and oxygen atoms in total. The Hall–Kier alpha value is -7.12. The number of hydrogen-bond donors (Lipinski definition) is 0. The highest BCUT2D eigenvalue weighted by molar-refractivity contribution is 7.79. The lowest BCUT2D eigenvalue weighted by atomic mass is 9.66. The Bertz CT molecular complexity index is 3160. The molecule has 0 amide bonds. The number of fused-ring (bicyclic) bond motifs is 12. The zero-order valence-electron chi connectivity index (χ0n) is 32.1. The lowest BCUT2D eigenvalue weighted by molar-refractivity contribution is 0.436.